The first kappa shape index (κ1) is 9.62. The van der Waals surface area contributed by atoms with Crippen molar-refractivity contribution >= 4 is 0 Å². The Labute approximate surface area is 61.4 Å². The van der Waals surface area contributed by atoms with Crippen LogP contribution in [0.15, 0.2) is 12.7 Å². The third-order valence-corrected chi connectivity index (χ3v) is 1.12. The molecule has 0 aromatic rings. The Kier molecular flexibility index (Phi) is 6.48. The summed E-state index contributed by atoms with van der Waals surface area (Å²) in [5.41, 5.74) is 0. The Morgan fingerprint density at radius 2 is 2.30 bits per heavy atom. The van der Waals surface area contributed by atoms with Gasteiger partial charge in [-0.1, -0.05) is 6.08 Å². The molecule has 0 aromatic carbocycles. The van der Waals surface area contributed by atoms with E-state index in [9.17, 15) is 0 Å². The highest BCUT2D eigenvalue weighted by molar-refractivity contribution is 4.68. The van der Waals surface area contributed by atoms with Crippen LogP contribution >= 0.6 is 0 Å². The van der Waals surface area contributed by atoms with Gasteiger partial charge < -0.3 is 15.5 Å². The molecule has 0 fully saturated rings. The van der Waals surface area contributed by atoms with Crippen LogP contribution in [-0.2, 0) is 0 Å². The molecule has 3 heteroatoms. The van der Waals surface area contributed by atoms with Crippen molar-refractivity contribution in [1.82, 2.24) is 5.32 Å². The van der Waals surface area contributed by atoms with Crippen molar-refractivity contribution in [2.24, 2.45) is 0 Å². The molecule has 0 aromatic heterocycles. The maximum Gasteiger partial charge on any atom is 0.0894 e. The first-order valence-corrected chi connectivity index (χ1v) is 3.41. The fourth-order valence-electron chi connectivity index (χ4n) is 0.537. The second-order valence-electron chi connectivity index (χ2n) is 2.12. The van der Waals surface area contributed by atoms with Gasteiger partial charge in [0.25, 0.3) is 0 Å². The monoisotopic (exact) mass is 145 g/mol. The molecule has 0 spiro atoms. The van der Waals surface area contributed by atoms with Crippen LogP contribution in [-0.4, -0.2) is 36.0 Å². The highest BCUT2D eigenvalue weighted by Crippen LogP contribution is 1.78. The van der Waals surface area contributed by atoms with Gasteiger partial charge in [-0.3, -0.25) is 0 Å². The van der Waals surface area contributed by atoms with Gasteiger partial charge in [-0.25, -0.2) is 0 Å². The van der Waals surface area contributed by atoms with Crippen molar-refractivity contribution in [3.8, 4) is 0 Å². The van der Waals surface area contributed by atoms with E-state index in [0.29, 0.717) is 6.54 Å². The van der Waals surface area contributed by atoms with E-state index < -0.39 is 6.10 Å². The van der Waals surface area contributed by atoms with Crippen LogP contribution < -0.4 is 5.32 Å². The van der Waals surface area contributed by atoms with Gasteiger partial charge in [0.1, 0.15) is 0 Å². The van der Waals surface area contributed by atoms with Gasteiger partial charge >= 0.3 is 0 Å². The minimum atomic E-state index is -0.634. The lowest BCUT2D eigenvalue weighted by molar-refractivity contribution is 0.0947. The Hall–Kier alpha value is -0.380. The quantitative estimate of drug-likeness (QED) is 0.349. The van der Waals surface area contributed by atoms with Crippen molar-refractivity contribution in [2.45, 2.75) is 12.5 Å². The van der Waals surface area contributed by atoms with E-state index in [4.69, 9.17) is 10.2 Å². The fourth-order valence-corrected chi connectivity index (χ4v) is 0.537. The molecule has 0 bridgehead atoms. The molecular weight excluding hydrogens is 130 g/mol. The molecule has 0 aliphatic heterocycles. The van der Waals surface area contributed by atoms with Crippen LogP contribution in [0, 0.1) is 0 Å². The summed E-state index contributed by atoms with van der Waals surface area (Å²) in [5.74, 6) is 0. The van der Waals surface area contributed by atoms with E-state index in [0.717, 1.165) is 13.0 Å². The third kappa shape index (κ3) is 5.75. The minimum absolute atomic E-state index is 0.179. The van der Waals surface area contributed by atoms with Crippen molar-refractivity contribution in [3.63, 3.8) is 0 Å². The SMILES string of the molecule is C=CCCNCC(O)CO. The topological polar surface area (TPSA) is 52.5 Å². The number of aliphatic hydroxyl groups excluding tert-OH is 2. The Bertz CT molecular complexity index is 85.7. The predicted molar refractivity (Wildman–Crippen MR) is 40.8 cm³/mol. The highest BCUT2D eigenvalue weighted by atomic mass is 16.3. The smallest absolute Gasteiger partial charge is 0.0894 e. The zero-order valence-corrected chi connectivity index (χ0v) is 6.08. The van der Waals surface area contributed by atoms with Crippen molar-refractivity contribution in [2.75, 3.05) is 19.7 Å². The average Bonchev–Trinajstić information content (AvgIpc) is 1.98. The first-order valence-electron chi connectivity index (χ1n) is 3.41. The zero-order valence-electron chi connectivity index (χ0n) is 6.08. The number of rotatable bonds is 6. The number of nitrogens with one attached hydrogen (secondary N) is 1. The second-order valence-corrected chi connectivity index (χ2v) is 2.12. The summed E-state index contributed by atoms with van der Waals surface area (Å²) < 4.78 is 0. The normalized spacial score (nSPS) is 13.0. The molecule has 60 valence electrons. The largest absolute Gasteiger partial charge is 0.394 e. The molecule has 0 rings (SSSR count). The van der Waals surface area contributed by atoms with Gasteiger partial charge in [0.15, 0.2) is 0 Å². The van der Waals surface area contributed by atoms with Crippen LogP contribution in [0.2, 0.25) is 0 Å². The fraction of sp³-hybridized carbons (Fsp3) is 0.714. The summed E-state index contributed by atoms with van der Waals surface area (Å²) in [7, 11) is 0. The molecule has 0 saturated heterocycles. The lowest BCUT2D eigenvalue weighted by Gasteiger charge is -2.06. The van der Waals surface area contributed by atoms with Gasteiger partial charge in [0.2, 0.25) is 0 Å². The molecule has 0 radical (unpaired) electrons. The summed E-state index contributed by atoms with van der Waals surface area (Å²) in [6, 6.07) is 0. The molecule has 1 unspecified atom stereocenters. The van der Waals surface area contributed by atoms with E-state index in [1.54, 1.807) is 6.08 Å². The molecular formula is C7H15NO2. The number of aliphatic hydroxyl groups is 2. The highest BCUT2D eigenvalue weighted by Gasteiger charge is 1.97. The van der Waals surface area contributed by atoms with Crippen LogP contribution in [0.25, 0.3) is 0 Å². The minimum Gasteiger partial charge on any atom is -0.394 e. The Morgan fingerprint density at radius 1 is 1.60 bits per heavy atom. The molecule has 3 nitrogen and oxygen atoms in total. The third-order valence-electron chi connectivity index (χ3n) is 1.12. The van der Waals surface area contributed by atoms with Gasteiger partial charge in [0, 0.05) is 6.54 Å². The number of hydrogen-bond acceptors (Lipinski definition) is 3. The number of hydrogen-bond donors (Lipinski definition) is 3. The summed E-state index contributed by atoms with van der Waals surface area (Å²) in [6.45, 7) is 4.62. The van der Waals surface area contributed by atoms with Gasteiger partial charge in [-0.15, -0.1) is 6.58 Å². The van der Waals surface area contributed by atoms with Gasteiger partial charge in [-0.2, -0.15) is 0 Å². The van der Waals surface area contributed by atoms with Gasteiger partial charge in [-0.05, 0) is 13.0 Å². The molecule has 3 N–H and O–H groups in total. The van der Waals surface area contributed by atoms with Gasteiger partial charge in [0.05, 0.1) is 12.7 Å². The lowest BCUT2D eigenvalue weighted by Crippen LogP contribution is -2.29. The van der Waals surface area contributed by atoms with Crippen LogP contribution in [0.5, 0.6) is 0 Å². The van der Waals surface area contributed by atoms with Crippen molar-refractivity contribution < 1.29 is 10.2 Å². The Balaban J connectivity index is 2.95. The van der Waals surface area contributed by atoms with E-state index in [1.165, 1.54) is 0 Å². The molecule has 0 amide bonds. The Morgan fingerprint density at radius 3 is 2.80 bits per heavy atom. The van der Waals surface area contributed by atoms with Crippen molar-refractivity contribution in [3.05, 3.63) is 12.7 Å². The van der Waals surface area contributed by atoms with Crippen LogP contribution in [0.4, 0.5) is 0 Å². The molecule has 0 aliphatic carbocycles. The average molecular weight is 145 g/mol. The van der Waals surface area contributed by atoms with E-state index >= 15 is 0 Å². The first-order chi connectivity index (χ1) is 4.81. The van der Waals surface area contributed by atoms with Crippen LogP contribution in [0.1, 0.15) is 6.42 Å². The van der Waals surface area contributed by atoms with E-state index in [1.807, 2.05) is 0 Å². The summed E-state index contributed by atoms with van der Waals surface area (Å²) in [4.78, 5) is 0. The second kappa shape index (κ2) is 6.74. The van der Waals surface area contributed by atoms with Crippen LogP contribution in [0.3, 0.4) is 0 Å². The molecule has 0 heterocycles. The van der Waals surface area contributed by atoms with E-state index in [2.05, 4.69) is 11.9 Å². The molecule has 0 aliphatic rings. The summed E-state index contributed by atoms with van der Waals surface area (Å²) >= 11 is 0. The molecule has 10 heavy (non-hydrogen) atoms. The summed E-state index contributed by atoms with van der Waals surface area (Å²) in [6.07, 6.45) is 2.06. The molecule has 0 saturated carbocycles. The maximum atomic E-state index is 8.82. The maximum absolute atomic E-state index is 8.82. The lowest BCUT2D eigenvalue weighted by atomic mass is 10.3. The van der Waals surface area contributed by atoms with Crippen molar-refractivity contribution in [1.29, 1.82) is 0 Å². The summed E-state index contributed by atoms with van der Waals surface area (Å²) in [5, 5.41) is 20.2. The molecule has 1 atom stereocenters. The van der Waals surface area contributed by atoms with E-state index in [-0.39, 0.29) is 6.61 Å². The zero-order chi connectivity index (χ0) is 7.82. The predicted octanol–water partition coefficient (Wildman–Crippen LogP) is -0.495. The standard InChI is InChI=1S/C7H15NO2/c1-2-3-4-8-5-7(10)6-9/h2,7-10H,1,3-6H2.